The highest BCUT2D eigenvalue weighted by atomic mass is 19.4. The third kappa shape index (κ3) is 3.65. The first-order valence-electron chi connectivity index (χ1n) is 5.25. The van der Waals surface area contributed by atoms with Crippen molar-refractivity contribution < 1.29 is 22.6 Å². The van der Waals surface area contributed by atoms with Gasteiger partial charge in [0.1, 0.15) is 0 Å². The van der Waals surface area contributed by atoms with Gasteiger partial charge in [0.25, 0.3) is 0 Å². The molecule has 0 aromatic rings. The Morgan fingerprint density at radius 3 is 2.53 bits per heavy atom. The zero-order valence-electron chi connectivity index (χ0n) is 9.01. The maximum Gasteiger partial charge on any atom is 0.414 e. The Kier molecular flexibility index (Phi) is 4.40. The number of ether oxygens (including phenoxy) is 2. The van der Waals surface area contributed by atoms with E-state index in [2.05, 4.69) is 0 Å². The van der Waals surface area contributed by atoms with Gasteiger partial charge in [-0.1, -0.05) is 13.8 Å². The van der Waals surface area contributed by atoms with Crippen LogP contribution in [0.5, 0.6) is 0 Å². The van der Waals surface area contributed by atoms with E-state index in [9.17, 15) is 13.2 Å². The highest BCUT2D eigenvalue weighted by Gasteiger charge is 2.48. The van der Waals surface area contributed by atoms with Crippen molar-refractivity contribution >= 4 is 0 Å². The maximum absolute atomic E-state index is 12.3. The van der Waals surface area contributed by atoms with Crippen molar-refractivity contribution in [1.82, 2.24) is 0 Å². The van der Waals surface area contributed by atoms with Gasteiger partial charge >= 0.3 is 6.18 Å². The molecular weight excluding hydrogens is 209 g/mol. The molecule has 1 saturated heterocycles. The predicted molar refractivity (Wildman–Crippen MR) is 49.6 cm³/mol. The Labute approximate surface area is 87.7 Å². The smallest absolute Gasteiger partial charge is 0.379 e. The van der Waals surface area contributed by atoms with Crippen LogP contribution in [0.2, 0.25) is 0 Å². The standard InChI is InChI=1S/C10H17F3O2/c1-3-4-14-6-8-7(2)5-9(15-8)10(11,12)13/h7-9H,3-6H2,1-2H3/t7-,8?,9?/m0/s1. The van der Waals surface area contributed by atoms with E-state index in [4.69, 9.17) is 9.47 Å². The lowest BCUT2D eigenvalue weighted by Crippen LogP contribution is -2.29. The molecule has 0 saturated carbocycles. The molecule has 2 unspecified atom stereocenters. The van der Waals surface area contributed by atoms with E-state index >= 15 is 0 Å². The Morgan fingerprint density at radius 2 is 2.07 bits per heavy atom. The molecule has 0 amide bonds. The summed E-state index contributed by atoms with van der Waals surface area (Å²) in [7, 11) is 0. The Bertz CT molecular complexity index is 194. The summed E-state index contributed by atoms with van der Waals surface area (Å²) in [6.07, 6.45) is -5.35. The van der Waals surface area contributed by atoms with Crippen molar-refractivity contribution in [3.63, 3.8) is 0 Å². The molecule has 1 rings (SSSR count). The van der Waals surface area contributed by atoms with Crippen LogP contribution in [0, 0.1) is 5.92 Å². The van der Waals surface area contributed by atoms with Crippen molar-refractivity contribution in [2.45, 2.75) is 45.1 Å². The van der Waals surface area contributed by atoms with Gasteiger partial charge in [-0.2, -0.15) is 13.2 Å². The molecule has 3 atom stereocenters. The van der Waals surface area contributed by atoms with Gasteiger partial charge in [-0.05, 0) is 18.8 Å². The van der Waals surface area contributed by atoms with Gasteiger partial charge < -0.3 is 9.47 Å². The molecule has 0 spiro atoms. The Balaban J connectivity index is 2.36. The molecule has 2 nitrogen and oxygen atoms in total. The molecule has 0 radical (unpaired) electrons. The molecule has 0 aliphatic carbocycles. The van der Waals surface area contributed by atoms with Crippen molar-refractivity contribution in [3.05, 3.63) is 0 Å². The summed E-state index contributed by atoms with van der Waals surface area (Å²) in [5, 5.41) is 0. The largest absolute Gasteiger partial charge is 0.414 e. The maximum atomic E-state index is 12.3. The van der Waals surface area contributed by atoms with Gasteiger partial charge in [0, 0.05) is 6.61 Å². The van der Waals surface area contributed by atoms with Crippen LogP contribution >= 0.6 is 0 Å². The van der Waals surface area contributed by atoms with Crippen molar-refractivity contribution in [2.24, 2.45) is 5.92 Å². The monoisotopic (exact) mass is 226 g/mol. The van der Waals surface area contributed by atoms with Crippen molar-refractivity contribution in [3.8, 4) is 0 Å². The third-order valence-electron chi connectivity index (χ3n) is 2.56. The van der Waals surface area contributed by atoms with E-state index < -0.39 is 18.4 Å². The van der Waals surface area contributed by atoms with Crippen molar-refractivity contribution in [1.29, 1.82) is 0 Å². The summed E-state index contributed by atoms with van der Waals surface area (Å²) >= 11 is 0. The second-order valence-corrected chi connectivity index (χ2v) is 3.99. The van der Waals surface area contributed by atoms with Gasteiger partial charge in [-0.3, -0.25) is 0 Å². The van der Waals surface area contributed by atoms with Crippen LogP contribution in [0.3, 0.4) is 0 Å². The first-order chi connectivity index (χ1) is 6.95. The lowest BCUT2D eigenvalue weighted by molar-refractivity contribution is -0.218. The second-order valence-electron chi connectivity index (χ2n) is 3.99. The Hall–Kier alpha value is -0.290. The summed E-state index contributed by atoms with van der Waals surface area (Å²) < 4.78 is 47.1. The lowest BCUT2D eigenvalue weighted by atomic mass is 10.0. The molecule has 5 heteroatoms. The van der Waals surface area contributed by atoms with Crippen LogP contribution in [0.15, 0.2) is 0 Å². The minimum atomic E-state index is -4.24. The zero-order valence-corrected chi connectivity index (χ0v) is 9.01. The average Bonchev–Trinajstić information content (AvgIpc) is 2.48. The number of hydrogen-bond donors (Lipinski definition) is 0. The molecule has 1 heterocycles. The average molecular weight is 226 g/mol. The summed E-state index contributed by atoms with van der Waals surface area (Å²) in [5.41, 5.74) is 0. The van der Waals surface area contributed by atoms with Gasteiger partial charge in [0.05, 0.1) is 12.7 Å². The number of alkyl halides is 3. The van der Waals surface area contributed by atoms with Crippen LogP contribution in [0.4, 0.5) is 13.2 Å². The Morgan fingerprint density at radius 1 is 1.40 bits per heavy atom. The van der Waals surface area contributed by atoms with Gasteiger partial charge in [0.2, 0.25) is 0 Å². The fourth-order valence-electron chi connectivity index (χ4n) is 1.65. The first-order valence-corrected chi connectivity index (χ1v) is 5.25. The zero-order chi connectivity index (χ0) is 11.5. The van der Waals surface area contributed by atoms with E-state index in [-0.39, 0.29) is 18.9 Å². The topological polar surface area (TPSA) is 18.5 Å². The van der Waals surface area contributed by atoms with Crippen LogP contribution in [0.25, 0.3) is 0 Å². The normalized spacial score (nSPS) is 32.2. The number of halogens is 3. The SMILES string of the molecule is CCCOCC1OC(C(F)(F)F)C[C@@H]1C. The lowest BCUT2D eigenvalue weighted by Gasteiger charge is -2.17. The highest BCUT2D eigenvalue weighted by molar-refractivity contribution is 4.83. The molecule has 1 aliphatic heterocycles. The third-order valence-corrected chi connectivity index (χ3v) is 2.56. The van der Waals surface area contributed by atoms with E-state index in [1.165, 1.54) is 0 Å². The molecular formula is C10H17F3O2. The minimum Gasteiger partial charge on any atom is -0.379 e. The van der Waals surface area contributed by atoms with Gasteiger partial charge in [0.15, 0.2) is 6.10 Å². The van der Waals surface area contributed by atoms with E-state index in [1.807, 2.05) is 6.92 Å². The van der Waals surface area contributed by atoms with Crippen LogP contribution < -0.4 is 0 Å². The molecule has 15 heavy (non-hydrogen) atoms. The molecule has 0 N–H and O–H groups in total. The molecule has 90 valence electrons. The molecule has 1 aliphatic rings. The van der Waals surface area contributed by atoms with Crippen LogP contribution in [-0.2, 0) is 9.47 Å². The van der Waals surface area contributed by atoms with Crippen molar-refractivity contribution in [2.75, 3.05) is 13.2 Å². The molecule has 1 fully saturated rings. The second kappa shape index (κ2) is 5.16. The first kappa shape index (κ1) is 12.8. The summed E-state index contributed by atoms with van der Waals surface area (Å²) in [6.45, 7) is 4.56. The molecule has 0 bridgehead atoms. The predicted octanol–water partition coefficient (Wildman–Crippen LogP) is 2.77. The van der Waals surface area contributed by atoms with E-state index in [0.717, 1.165) is 6.42 Å². The fourth-order valence-corrected chi connectivity index (χ4v) is 1.65. The summed E-state index contributed by atoms with van der Waals surface area (Å²) in [6, 6.07) is 0. The van der Waals surface area contributed by atoms with E-state index in [0.29, 0.717) is 6.61 Å². The van der Waals surface area contributed by atoms with E-state index in [1.54, 1.807) is 6.92 Å². The number of rotatable bonds is 4. The highest BCUT2D eigenvalue weighted by Crippen LogP contribution is 2.36. The van der Waals surface area contributed by atoms with Crippen LogP contribution in [0.1, 0.15) is 26.7 Å². The summed E-state index contributed by atoms with van der Waals surface area (Å²) in [4.78, 5) is 0. The minimum absolute atomic E-state index is 0.0453. The summed E-state index contributed by atoms with van der Waals surface area (Å²) in [5.74, 6) is -0.0894. The molecule has 0 aromatic carbocycles. The van der Waals surface area contributed by atoms with Gasteiger partial charge in [-0.25, -0.2) is 0 Å². The van der Waals surface area contributed by atoms with Crippen LogP contribution in [-0.4, -0.2) is 31.6 Å². The number of hydrogen-bond acceptors (Lipinski definition) is 2. The quantitative estimate of drug-likeness (QED) is 0.686. The fraction of sp³-hybridized carbons (Fsp3) is 1.00. The van der Waals surface area contributed by atoms with Gasteiger partial charge in [-0.15, -0.1) is 0 Å². The molecule has 0 aromatic heterocycles.